The molecule has 6 rings (SSSR count). The molecule has 1 saturated heterocycles. The van der Waals surface area contributed by atoms with Gasteiger partial charge in [-0.3, -0.25) is 0 Å². The molecular weight excluding hydrogens is 492 g/mol. The first kappa shape index (κ1) is 24.0. The van der Waals surface area contributed by atoms with Gasteiger partial charge in [-0.2, -0.15) is 13.9 Å². The van der Waals surface area contributed by atoms with Crippen LogP contribution in [0.3, 0.4) is 0 Å². The molecule has 6 heterocycles. The number of pyridine rings is 1. The zero-order valence-corrected chi connectivity index (χ0v) is 21.2. The molecule has 0 bridgehead atoms. The molecule has 2 N–H and O–H groups in total. The van der Waals surface area contributed by atoms with Crippen LogP contribution < -0.4 is 9.64 Å². The fourth-order valence-corrected chi connectivity index (χ4v) is 5.04. The Morgan fingerprint density at radius 3 is 2.55 bits per heavy atom. The lowest BCUT2D eigenvalue weighted by Crippen LogP contribution is -2.42. The molecule has 5 aromatic rings. The summed E-state index contributed by atoms with van der Waals surface area (Å²) in [6, 6.07) is 5.72. The van der Waals surface area contributed by atoms with Gasteiger partial charge in [0.2, 0.25) is 5.88 Å². The van der Waals surface area contributed by atoms with Gasteiger partial charge in [-0.1, -0.05) is 6.92 Å². The van der Waals surface area contributed by atoms with Gasteiger partial charge in [-0.15, -0.1) is 0 Å². The number of piperidine rings is 1. The first-order valence-corrected chi connectivity index (χ1v) is 12.3. The molecule has 0 saturated carbocycles. The molecule has 196 valence electrons. The van der Waals surface area contributed by atoms with E-state index in [0.29, 0.717) is 27.5 Å². The lowest BCUT2D eigenvalue weighted by Gasteiger charge is -2.38. The number of alkyl halides is 2. The van der Waals surface area contributed by atoms with Crippen molar-refractivity contribution in [3.63, 3.8) is 0 Å². The van der Waals surface area contributed by atoms with E-state index in [1.807, 2.05) is 25.1 Å². The van der Waals surface area contributed by atoms with E-state index >= 15 is 0 Å². The minimum Gasteiger partial charge on any atom is -0.481 e. The Labute approximate surface area is 217 Å². The maximum absolute atomic E-state index is 13.0. The maximum Gasteiger partial charge on any atom is 0.333 e. The van der Waals surface area contributed by atoms with Gasteiger partial charge in [0.15, 0.2) is 0 Å². The zero-order valence-electron chi connectivity index (χ0n) is 21.2. The van der Waals surface area contributed by atoms with E-state index in [0.717, 1.165) is 59.9 Å². The Hall–Kier alpha value is -4.35. The van der Waals surface area contributed by atoms with Crippen LogP contribution in [0.5, 0.6) is 5.88 Å². The number of nitrogens with one attached hydrogen (secondary N) is 2. The molecule has 10 nitrogen and oxygen atoms in total. The fourth-order valence-electron chi connectivity index (χ4n) is 5.04. The molecule has 0 spiro atoms. The Kier molecular flexibility index (Phi) is 5.81. The van der Waals surface area contributed by atoms with E-state index in [4.69, 9.17) is 9.72 Å². The average molecular weight is 520 g/mol. The van der Waals surface area contributed by atoms with Crippen molar-refractivity contribution in [1.82, 2.24) is 39.7 Å². The van der Waals surface area contributed by atoms with Crippen molar-refractivity contribution in [2.45, 2.75) is 38.7 Å². The summed E-state index contributed by atoms with van der Waals surface area (Å²) in [7, 11) is 1.60. The van der Waals surface area contributed by atoms with Crippen LogP contribution in [0.25, 0.3) is 33.5 Å². The summed E-state index contributed by atoms with van der Waals surface area (Å²) in [5.74, 6) is 2.36. The van der Waals surface area contributed by atoms with Gasteiger partial charge in [-0.05, 0) is 31.9 Å². The van der Waals surface area contributed by atoms with E-state index < -0.39 is 6.55 Å². The fraction of sp³-hybridized carbons (Fsp3) is 0.346. The molecule has 0 aromatic carbocycles. The minimum absolute atomic E-state index is 0.126. The van der Waals surface area contributed by atoms with Gasteiger partial charge in [-0.25, -0.2) is 24.6 Å². The van der Waals surface area contributed by atoms with Gasteiger partial charge < -0.3 is 19.6 Å². The van der Waals surface area contributed by atoms with Crippen LogP contribution in [0.2, 0.25) is 0 Å². The minimum atomic E-state index is -2.69. The number of hydrogen-bond donors (Lipinski definition) is 2. The van der Waals surface area contributed by atoms with Crippen LogP contribution in [0.4, 0.5) is 14.6 Å². The number of aryl methyl sites for hydroxylation is 1. The molecular formula is C26H27F2N9O. The number of imidazole rings is 1. The summed E-state index contributed by atoms with van der Waals surface area (Å²) in [6.45, 7) is 3.12. The highest BCUT2D eigenvalue weighted by Gasteiger charge is 2.36. The van der Waals surface area contributed by atoms with E-state index in [2.05, 4.69) is 41.8 Å². The molecule has 0 aliphatic carbocycles. The largest absolute Gasteiger partial charge is 0.481 e. The van der Waals surface area contributed by atoms with Crippen LogP contribution in [-0.2, 0) is 5.41 Å². The summed E-state index contributed by atoms with van der Waals surface area (Å²) in [4.78, 5) is 27.2. The number of fused-ring (bicyclic) bond motifs is 1. The molecule has 0 atom stereocenters. The van der Waals surface area contributed by atoms with E-state index in [9.17, 15) is 8.78 Å². The number of aromatic nitrogens is 8. The number of ether oxygens (including phenoxy) is 1. The van der Waals surface area contributed by atoms with Crippen LogP contribution in [0, 0.1) is 6.92 Å². The van der Waals surface area contributed by atoms with Gasteiger partial charge in [0.1, 0.15) is 23.6 Å². The van der Waals surface area contributed by atoms with Gasteiger partial charge >= 0.3 is 6.55 Å². The maximum atomic E-state index is 13.0. The lowest BCUT2D eigenvalue weighted by atomic mass is 9.79. The number of hydrogen-bond acceptors (Lipinski definition) is 7. The number of anilines is 1. The van der Waals surface area contributed by atoms with Crippen molar-refractivity contribution in [3.05, 3.63) is 54.6 Å². The predicted molar refractivity (Wildman–Crippen MR) is 138 cm³/mol. The summed E-state index contributed by atoms with van der Waals surface area (Å²) < 4.78 is 31.8. The second-order valence-corrected chi connectivity index (χ2v) is 9.81. The SMILES string of the molecule is COc1ccc(-c2[nH]c(C3(C)CCN(c4ncnc5[nH]c(-c6cnn(C(F)F)c6)cc45)CC3)nc2C)cn1. The third-order valence-electron chi connectivity index (χ3n) is 7.37. The first-order valence-electron chi connectivity index (χ1n) is 12.3. The van der Waals surface area contributed by atoms with Crippen molar-refractivity contribution in [3.8, 4) is 28.4 Å². The Bertz CT molecular complexity index is 1580. The molecule has 1 fully saturated rings. The van der Waals surface area contributed by atoms with E-state index in [-0.39, 0.29) is 5.41 Å². The van der Waals surface area contributed by atoms with Crippen molar-refractivity contribution in [1.29, 1.82) is 0 Å². The Balaban J connectivity index is 1.22. The number of aromatic amines is 2. The average Bonchev–Trinajstić information content (AvgIpc) is 3.67. The highest BCUT2D eigenvalue weighted by molar-refractivity contribution is 5.91. The number of halogens is 2. The molecule has 38 heavy (non-hydrogen) atoms. The zero-order chi connectivity index (χ0) is 26.4. The third kappa shape index (κ3) is 4.15. The second-order valence-electron chi connectivity index (χ2n) is 9.81. The molecule has 1 aliphatic rings. The van der Waals surface area contributed by atoms with Crippen LogP contribution in [-0.4, -0.2) is 59.9 Å². The normalized spacial score (nSPS) is 15.5. The standard InChI is InChI=1S/C26H27F2N9O/c1-15-21(16-4-5-20(38-3)29-11-16)35-24(33-15)26(2)6-8-36(9-7-26)23-18-10-19(34-22(18)30-14-31-23)17-12-32-37(13-17)25(27)28/h4-5,10-14,25H,6-9H2,1-3H3,(H,33,35)(H,30,31,34). The molecule has 0 unspecified atom stereocenters. The summed E-state index contributed by atoms with van der Waals surface area (Å²) in [5, 5.41) is 4.58. The Morgan fingerprint density at radius 1 is 1.05 bits per heavy atom. The number of methoxy groups -OCH3 is 1. The van der Waals surface area contributed by atoms with E-state index in [1.54, 1.807) is 13.3 Å². The van der Waals surface area contributed by atoms with Gasteiger partial charge in [0.25, 0.3) is 0 Å². The molecule has 12 heteroatoms. The first-order chi connectivity index (χ1) is 18.3. The summed E-state index contributed by atoms with van der Waals surface area (Å²) in [5.41, 5.74) is 4.63. The molecule has 5 aromatic heterocycles. The van der Waals surface area contributed by atoms with Gasteiger partial charge in [0.05, 0.1) is 35.8 Å². The number of rotatable bonds is 6. The molecule has 0 radical (unpaired) electrons. The second kappa shape index (κ2) is 9.19. The lowest BCUT2D eigenvalue weighted by molar-refractivity contribution is 0.0566. The third-order valence-corrected chi connectivity index (χ3v) is 7.37. The number of nitrogens with zero attached hydrogens (tertiary/aromatic N) is 7. The van der Waals surface area contributed by atoms with Crippen LogP contribution in [0.15, 0.2) is 43.1 Å². The van der Waals surface area contributed by atoms with Crippen molar-refractivity contribution in [2.75, 3.05) is 25.1 Å². The predicted octanol–water partition coefficient (Wildman–Crippen LogP) is 4.88. The summed E-state index contributed by atoms with van der Waals surface area (Å²) >= 11 is 0. The summed E-state index contributed by atoms with van der Waals surface area (Å²) in [6.07, 6.45) is 7.81. The number of H-pyrrole nitrogens is 2. The Morgan fingerprint density at radius 2 is 1.87 bits per heavy atom. The van der Waals surface area contributed by atoms with Crippen molar-refractivity contribution < 1.29 is 13.5 Å². The van der Waals surface area contributed by atoms with E-state index in [1.165, 1.54) is 18.7 Å². The highest BCUT2D eigenvalue weighted by Crippen LogP contribution is 2.38. The van der Waals surface area contributed by atoms with Crippen LogP contribution >= 0.6 is 0 Å². The van der Waals surface area contributed by atoms with Gasteiger partial charge in [0, 0.05) is 48.1 Å². The highest BCUT2D eigenvalue weighted by atomic mass is 19.3. The molecule has 1 aliphatic heterocycles. The smallest absolute Gasteiger partial charge is 0.333 e. The molecule has 0 amide bonds. The topological polar surface area (TPSA) is 113 Å². The van der Waals surface area contributed by atoms with Crippen molar-refractivity contribution in [2.24, 2.45) is 0 Å². The monoisotopic (exact) mass is 519 g/mol. The van der Waals surface area contributed by atoms with Crippen LogP contribution in [0.1, 0.15) is 37.8 Å². The quantitative estimate of drug-likeness (QED) is 0.329. The van der Waals surface area contributed by atoms with Crippen molar-refractivity contribution >= 4 is 16.9 Å².